The average Bonchev–Trinajstić information content (AvgIpc) is 3.30. The van der Waals surface area contributed by atoms with Crippen molar-refractivity contribution in [3.05, 3.63) is 72.3 Å². The van der Waals surface area contributed by atoms with E-state index in [1.807, 2.05) is 30.3 Å². The molecule has 0 amide bonds. The highest BCUT2D eigenvalue weighted by Gasteiger charge is 2.16. The largest absolute Gasteiger partial charge is 0.492 e. The first-order valence-corrected chi connectivity index (χ1v) is 14.4. The van der Waals surface area contributed by atoms with Crippen LogP contribution in [-0.2, 0) is 12.0 Å². The second kappa shape index (κ2) is 12.2. The Bertz CT molecular complexity index is 1350. The molecule has 4 aromatic rings. The van der Waals surface area contributed by atoms with Crippen LogP contribution in [0.2, 0.25) is 0 Å². The fourth-order valence-electron chi connectivity index (χ4n) is 5.01. The van der Waals surface area contributed by atoms with Gasteiger partial charge in [-0.05, 0) is 65.9 Å². The zero-order valence-corrected chi connectivity index (χ0v) is 23.9. The maximum Gasteiger partial charge on any atom is 0.141 e. The van der Waals surface area contributed by atoms with E-state index < -0.39 is 0 Å². The summed E-state index contributed by atoms with van der Waals surface area (Å²) in [6.07, 6.45) is 2.22. The number of piperazine rings is 1. The minimum Gasteiger partial charge on any atom is -0.492 e. The van der Waals surface area contributed by atoms with E-state index in [1.165, 1.54) is 5.56 Å². The monoisotopic (exact) mass is 526 g/mol. The van der Waals surface area contributed by atoms with Crippen LogP contribution >= 0.6 is 0 Å². The topological polar surface area (TPSA) is 51.6 Å². The Hall–Kier alpha value is -3.35. The van der Waals surface area contributed by atoms with E-state index in [4.69, 9.17) is 14.5 Å². The Morgan fingerprint density at radius 2 is 1.51 bits per heavy atom. The van der Waals surface area contributed by atoms with Gasteiger partial charge in [-0.3, -0.25) is 4.90 Å². The third-order valence-electron chi connectivity index (χ3n) is 7.41. The molecule has 3 aromatic carbocycles. The first-order chi connectivity index (χ1) is 18.9. The molecule has 1 aliphatic heterocycles. The molecule has 0 unspecified atom stereocenters. The minimum absolute atomic E-state index is 0.126. The van der Waals surface area contributed by atoms with Gasteiger partial charge in [0.05, 0.1) is 11.0 Å². The maximum atomic E-state index is 6.17. The molecular formula is C33H42N4O2. The Kier molecular flexibility index (Phi) is 8.53. The van der Waals surface area contributed by atoms with Crippen LogP contribution in [0.25, 0.3) is 22.4 Å². The third-order valence-corrected chi connectivity index (χ3v) is 7.41. The highest BCUT2D eigenvalue weighted by Crippen LogP contribution is 2.31. The van der Waals surface area contributed by atoms with Crippen LogP contribution in [0.1, 0.15) is 46.1 Å². The van der Waals surface area contributed by atoms with Gasteiger partial charge < -0.3 is 19.4 Å². The van der Waals surface area contributed by atoms with Gasteiger partial charge in [-0.1, -0.05) is 46.2 Å². The Morgan fingerprint density at radius 1 is 0.846 bits per heavy atom. The van der Waals surface area contributed by atoms with Crippen molar-refractivity contribution < 1.29 is 9.47 Å². The lowest BCUT2D eigenvalue weighted by Crippen LogP contribution is -2.44. The van der Waals surface area contributed by atoms with Crippen molar-refractivity contribution >= 4 is 11.0 Å². The first-order valence-electron chi connectivity index (χ1n) is 14.4. The summed E-state index contributed by atoms with van der Waals surface area (Å²) < 4.78 is 14.6. The summed E-state index contributed by atoms with van der Waals surface area (Å²) >= 11 is 0. The van der Waals surface area contributed by atoms with E-state index in [-0.39, 0.29) is 5.41 Å². The van der Waals surface area contributed by atoms with Crippen LogP contribution in [0.4, 0.5) is 0 Å². The molecule has 6 nitrogen and oxygen atoms in total. The Morgan fingerprint density at radius 3 is 2.18 bits per heavy atom. The summed E-state index contributed by atoms with van der Waals surface area (Å²) in [6.45, 7) is 15.7. The zero-order chi connectivity index (χ0) is 27.2. The van der Waals surface area contributed by atoms with Gasteiger partial charge in [0.2, 0.25) is 0 Å². The Labute approximate surface area is 233 Å². The van der Waals surface area contributed by atoms with E-state index in [1.54, 1.807) is 0 Å². The van der Waals surface area contributed by atoms with Crippen molar-refractivity contribution in [2.75, 3.05) is 39.3 Å². The number of hydrogen-bond donors (Lipinski definition) is 1. The lowest BCUT2D eigenvalue weighted by atomic mass is 9.87. The standard InChI is InChI=1S/C33H42N4O2/c1-5-6-19-37-31-24-29(38-23-22-36-20-17-34-18-21-36)15-16-30(31)35-32(37)25-7-11-27(12-8-25)39-28-13-9-26(10-14-28)33(2,3)4/h7-16,24,34H,5-6,17-23H2,1-4H3. The molecule has 206 valence electrons. The molecule has 1 aromatic heterocycles. The fraction of sp³-hybridized carbons (Fsp3) is 0.424. The zero-order valence-electron chi connectivity index (χ0n) is 23.9. The number of aromatic nitrogens is 2. The number of nitrogens with one attached hydrogen (secondary N) is 1. The molecule has 1 aliphatic rings. The van der Waals surface area contributed by atoms with E-state index in [0.717, 1.165) is 91.8 Å². The molecule has 39 heavy (non-hydrogen) atoms. The van der Waals surface area contributed by atoms with Gasteiger partial charge in [0, 0.05) is 50.9 Å². The van der Waals surface area contributed by atoms with Crippen LogP contribution in [0.15, 0.2) is 66.7 Å². The van der Waals surface area contributed by atoms with Gasteiger partial charge in [0.25, 0.3) is 0 Å². The van der Waals surface area contributed by atoms with Crippen LogP contribution in [-0.4, -0.2) is 53.8 Å². The van der Waals surface area contributed by atoms with E-state index in [2.05, 4.69) is 78.9 Å². The lowest BCUT2D eigenvalue weighted by Gasteiger charge is -2.26. The van der Waals surface area contributed by atoms with Gasteiger partial charge >= 0.3 is 0 Å². The van der Waals surface area contributed by atoms with Crippen molar-refractivity contribution in [2.45, 2.75) is 52.5 Å². The van der Waals surface area contributed by atoms with Gasteiger partial charge in [-0.2, -0.15) is 0 Å². The van der Waals surface area contributed by atoms with Gasteiger partial charge in [0.1, 0.15) is 29.7 Å². The summed E-state index contributed by atoms with van der Waals surface area (Å²) in [5, 5.41) is 3.40. The minimum atomic E-state index is 0.126. The maximum absolute atomic E-state index is 6.17. The molecule has 0 atom stereocenters. The summed E-state index contributed by atoms with van der Waals surface area (Å²) in [4.78, 5) is 7.48. The molecule has 0 spiro atoms. The predicted molar refractivity (Wildman–Crippen MR) is 160 cm³/mol. The molecule has 0 radical (unpaired) electrons. The van der Waals surface area contributed by atoms with Crippen molar-refractivity contribution in [3.8, 4) is 28.6 Å². The molecular weight excluding hydrogens is 484 g/mol. The number of aryl methyl sites for hydroxylation is 1. The van der Waals surface area contributed by atoms with Gasteiger partial charge in [-0.25, -0.2) is 4.98 Å². The molecule has 0 saturated carbocycles. The van der Waals surface area contributed by atoms with Gasteiger partial charge in [0.15, 0.2) is 0 Å². The number of benzene rings is 3. The smallest absolute Gasteiger partial charge is 0.141 e. The van der Waals surface area contributed by atoms with Crippen molar-refractivity contribution in [3.63, 3.8) is 0 Å². The third kappa shape index (κ3) is 6.81. The number of rotatable bonds is 10. The molecule has 1 saturated heterocycles. The normalized spacial score (nSPS) is 14.6. The number of unbranched alkanes of at least 4 members (excludes halogenated alkanes) is 1. The van der Waals surface area contributed by atoms with Crippen molar-refractivity contribution in [2.24, 2.45) is 0 Å². The quantitative estimate of drug-likeness (QED) is 0.244. The van der Waals surface area contributed by atoms with E-state index in [0.29, 0.717) is 6.61 Å². The van der Waals surface area contributed by atoms with Crippen molar-refractivity contribution in [1.29, 1.82) is 0 Å². The number of fused-ring (bicyclic) bond motifs is 1. The van der Waals surface area contributed by atoms with Crippen LogP contribution in [0.3, 0.4) is 0 Å². The fourth-order valence-corrected chi connectivity index (χ4v) is 5.01. The van der Waals surface area contributed by atoms with E-state index in [9.17, 15) is 0 Å². The van der Waals surface area contributed by atoms with Crippen LogP contribution in [0, 0.1) is 0 Å². The van der Waals surface area contributed by atoms with Crippen LogP contribution in [0.5, 0.6) is 17.2 Å². The second-order valence-electron chi connectivity index (χ2n) is 11.4. The summed E-state index contributed by atoms with van der Waals surface area (Å²) in [5.41, 5.74) is 4.62. The molecule has 5 rings (SSSR count). The summed E-state index contributed by atoms with van der Waals surface area (Å²) in [5.74, 6) is 3.55. The number of imidazole rings is 1. The number of ether oxygens (including phenoxy) is 2. The highest BCUT2D eigenvalue weighted by atomic mass is 16.5. The van der Waals surface area contributed by atoms with Crippen LogP contribution < -0.4 is 14.8 Å². The highest BCUT2D eigenvalue weighted by molar-refractivity contribution is 5.82. The summed E-state index contributed by atoms with van der Waals surface area (Å²) in [7, 11) is 0. The van der Waals surface area contributed by atoms with Gasteiger partial charge in [-0.15, -0.1) is 0 Å². The summed E-state index contributed by atoms with van der Waals surface area (Å²) in [6, 6.07) is 22.9. The Balaban J connectivity index is 1.32. The van der Waals surface area contributed by atoms with Crippen molar-refractivity contribution in [1.82, 2.24) is 19.8 Å². The molecule has 1 N–H and O–H groups in total. The lowest BCUT2D eigenvalue weighted by molar-refractivity contribution is 0.191. The molecule has 0 aliphatic carbocycles. The second-order valence-corrected chi connectivity index (χ2v) is 11.4. The predicted octanol–water partition coefficient (Wildman–Crippen LogP) is 6.88. The SMILES string of the molecule is CCCCn1c(-c2ccc(Oc3ccc(C(C)(C)C)cc3)cc2)nc2ccc(OCCN3CCNCC3)cc21. The number of nitrogens with zero attached hydrogens (tertiary/aromatic N) is 3. The first kappa shape index (κ1) is 27.2. The average molecular weight is 527 g/mol. The van der Waals surface area contributed by atoms with E-state index >= 15 is 0 Å². The molecule has 6 heteroatoms. The molecule has 2 heterocycles. The molecule has 1 fully saturated rings. The molecule has 0 bridgehead atoms. The number of hydrogen-bond acceptors (Lipinski definition) is 5.